The van der Waals surface area contributed by atoms with Gasteiger partial charge in [0.05, 0.1) is 36.1 Å². The second kappa shape index (κ2) is 9.22. The number of morpholine rings is 1. The predicted molar refractivity (Wildman–Crippen MR) is 118 cm³/mol. The minimum Gasteiger partial charge on any atom is -0.507 e. The van der Waals surface area contributed by atoms with Gasteiger partial charge in [-0.15, -0.1) is 0 Å². The molecule has 0 aliphatic carbocycles. The van der Waals surface area contributed by atoms with Crippen LogP contribution in [0.2, 0.25) is 0 Å². The van der Waals surface area contributed by atoms with Gasteiger partial charge in [0, 0.05) is 51.3 Å². The highest BCUT2D eigenvalue weighted by Gasteiger charge is 2.46. The number of ether oxygens (including phenoxy) is 1. The lowest BCUT2D eigenvalue weighted by Gasteiger charge is -2.29. The average Bonchev–Trinajstić information content (AvgIpc) is 3.20. The van der Waals surface area contributed by atoms with Crippen molar-refractivity contribution < 1.29 is 19.4 Å². The Labute approximate surface area is 187 Å². The molecule has 170 valence electrons. The van der Waals surface area contributed by atoms with Crippen LogP contribution >= 0.6 is 0 Å². The minimum atomic E-state index is -0.688. The molecule has 2 aromatic rings. The van der Waals surface area contributed by atoms with Crippen molar-refractivity contribution in [1.29, 1.82) is 0 Å². The smallest absolute Gasteiger partial charge is 0.295 e. The van der Waals surface area contributed by atoms with Crippen LogP contribution < -0.4 is 0 Å². The van der Waals surface area contributed by atoms with Gasteiger partial charge in [0.1, 0.15) is 5.76 Å². The number of pyridine rings is 1. The third-order valence-corrected chi connectivity index (χ3v) is 6.26. The summed E-state index contributed by atoms with van der Waals surface area (Å²) in [5.41, 5.74) is 2.61. The zero-order valence-corrected chi connectivity index (χ0v) is 18.7. The molecule has 0 saturated carbocycles. The van der Waals surface area contributed by atoms with E-state index in [-0.39, 0.29) is 11.3 Å². The summed E-state index contributed by atoms with van der Waals surface area (Å²) in [5.74, 6) is -1.46. The third kappa shape index (κ3) is 4.05. The van der Waals surface area contributed by atoms with Crippen LogP contribution in [-0.4, -0.2) is 80.8 Å². The molecular formula is C23H29N5O4. The number of hydrogen-bond donors (Lipinski definition) is 1. The third-order valence-electron chi connectivity index (χ3n) is 6.26. The molecule has 0 bridgehead atoms. The number of likely N-dealkylation sites (tertiary alicyclic amines) is 1. The molecule has 1 atom stereocenters. The highest BCUT2D eigenvalue weighted by molar-refractivity contribution is 6.46. The van der Waals surface area contributed by atoms with E-state index in [0.717, 1.165) is 31.7 Å². The van der Waals surface area contributed by atoms with Crippen LogP contribution in [0.25, 0.3) is 5.76 Å². The summed E-state index contributed by atoms with van der Waals surface area (Å²) in [4.78, 5) is 34.2. The topological polar surface area (TPSA) is 101 Å². The molecule has 0 unspecified atom stereocenters. The van der Waals surface area contributed by atoms with E-state index in [1.165, 1.54) is 0 Å². The van der Waals surface area contributed by atoms with E-state index in [2.05, 4.69) is 15.0 Å². The lowest BCUT2D eigenvalue weighted by atomic mass is 9.95. The summed E-state index contributed by atoms with van der Waals surface area (Å²) in [7, 11) is 1.78. The van der Waals surface area contributed by atoms with Crippen molar-refractivity contribution in [2.75, 3.05) is 39.4 Å². The lowest BCUT2D eigenvalue weighted by molar-refractivity contribution is -0.140. The predicted octanol–water partition coefficient (Wildman–Crippen LogP) is 1.58. The fourth-order valence-corrected chi connectivity index (χ4v) is 4.54. The number of amides is 1. The maximum Gasteiger partial charge on any atom is 0.295 e. The summed E-state index contributed by atoms with van der Waals surface area (Å²) in [6.07, 6.45) is 4.00. The van der Waals surface area contributed by atoms with Crippen molar-refractivity contribution in [3.63, 3.8) is 0 Å². The number of Topliss-reactive ketones (excluding diaryl/α,β-unsaturated/α-hetero) is 1. The highest BCUT2D eigenvalue weighted by atomic mass is 16.5. The Morgan fingerprint density at radius 2 is 1.97 bits per heavy atom. The van der Waals surface area contributed by atoms with E-state index in [0.29, 0.717) is 36.6 Å². The number of nitrogens with zero attached hydrogens (tertiary/aromatic N) is 5. The molecule has 0 radical (unpaired) electrons. The molecule has 4 heterocycles. The molecule has 1 N–H and O–H groups in total. The Balaban J connectivity index is 1.69. The molecule has 32 heavy (non-hydrogen) atoms. The zero-order chi connectivity index (χ0) is 22.8. The molecule has 0 aromatic carbocycles. The molecule has 9 nitrogen and oxygen atoms in total. The Morgan fingerprint density at radius 3 is 2.59 bits per heavy atom. The lowest BCUT2D eigenvalue weighted by Crippen LogP contribution is -2.39. The van der Waals surface area contributed by atoms with Crippen LogP contribution in [0, 0.1) is 13.8 Å². The Bertz CT molecular complexity index is 1040. The largest absolute Gasteiger partial charge is 0.507 e. The van der Waals surface area contributed by atoms with Crippen LogP contribution in [-0.2, 0) is 21.4 Å². The standard InChI is InChI=1S/C23H29N5O4/c1-15-18(16(2)26(3)25-15)21(29)19-20(17-6-4-7-24-14-17)28(23(31)22(19)30)9-5-8-27-10-12-32-13-11-27/h4,6-7,14,20,29H,5,8-13H2,1-3H3/t20-/m1/s1. The maximum absolute atomic E-state index is 13.1. The molecule has 0 spiro atoms. The first-order valence-corrected chi connectivity index (χ1v) is 10.9. The molecule has 2 aliphatic heterocycles. The van der Waals surface area contributed by atoms with Crippen molar-refractivity contribution in [3.8, 4) is 0 Å². The minimum absolute atomic E-state index is 0.0913. The van der Waals surface area contributed by atoms with E-state index in [9.17, 15) is 14.7 Å². The highest BCUT2D eigenvalue weighted by Crippen LogP contribution is 2.40. The number of rotatable bonds is 6. The van der Waals surface area contributed by atoms with Gasteiger partial charge >= 0.3 is 0 Å². The van der Waals surface area contributed by atoms with Gasteiger partial charge in [-0.3, -0.25) is 24.2 Å². The van der Waals surface area contributed by atoms with Crippen molar-refractivity contribution in [3.05, 3.63) is 52.6 Å². The monoisotopic (exact) mass is 439 g/mol. The van der Waals surface area contributed by atoms with Gasteiger partial charge in [0.2, 0.25) is 0 Å². The Hall–Kier alpha value is -3.04. The summed E-state index contributed by atoms with van der Waals surface area (Å²) < 4.78 is 7.05. The van der Waals surface area contributed by atoms with Crippen LogP contribution in [0.1, 0.15) is 35.0 Å². The summed E-state index contributed by atoms with van der Waals surface area (Å²) in [6.45, 7) is 7.98. The quantitative estimate of drug-likeness (QED) is 0.414. The molecule has 2 fully saturated rings. The Kier molecular flexibility index (Phi) is 6.38. The van der Waals surface area contributed by atoms with Crippen LogP contribution in [0.4, 0.5) is 0 Å². The fourth-order valence-electron chi connectivity index (χ4n) is 4.54. The summed E-state index contributed by atoms with van der Waals surface area (Å²) in [6, 6.07) is 2.91. The number of hydrogen-bond acceptors (Lipinski definition) is 7. The van der Waals surface area contributed by atoms with Crippen LogP contribution in [0.15, 0.2) is 30.1 Å². The number of carbonyl (C=O) groups excluding carboxylic acids is 2. The van der Waals surface area contributed by atoms with Gasteiger partial charge in [-0.25, -0.2) is 0 Å². The molecule has 9 heteroatoms. The Morgan fingerprint density at radius 1 is 1.22 bits per heavy atom. The zero-order valence-electron chi connectivity index (χ0n) is 18.7. The molecule has 2 saturated heterocycles. The summed E-state index contributed by atoms with van der Waals surface area (Å²) >= 11 is 0. The van der Waals surface area contributed by atoms with Gasteiger partial charge in [-0.2, -0.15) is 5.10 Å². The molecule has 2 aromatic heterocycles. The van der Waals surface area contributed by atoms with Gasteiger partial charge < -0.3 is 14.7 Å². The fraction of sp³-hybridized carbons (Fsp3) is 0.478. The second-order valence-corrected chi connectivity index (χ2v) is 8.26. The van der Waals surface area contributed by atoms with Crippen molar-refractivity contribution >= 4 is 17.4 Å². The normalized spacial score (nSPS) is 21.5. The number of aliphatic hydroxyl groups is 1. The maximum atomic E-state index is 13.1. The van der Waals surface area contributed by atoms with Gasteiger partial charge in [-0.05, 0) is 31.9 Å². The SMILES string of the molecule is Cc1nn(C)c(C)c1C(O)=C1C(=O)C(=O)N(CCCN2CCOCC2)[C@@H]1c1cccnc1. The average molecular weight is 440 g/mol. The van der Waals surface area contributed by atoms with Crippen molar-refractivity contribution in [2.24, 2.45) is 7.05 Å². The van der Waals surface area contributed by atoms with Crippen molar-refractivity contribution in [2.45, 2.75) is 26.3 Å². The van der Waals surface area contributed by atoms with Crippen LogP contribution in [0.5, 0.6) is 0 Å². The number of aromatic nitrogens is 3. The first-order chi connectivity index (χ1) is 15.4. The molecule has 2 aliphatic rings. The molecule has 4 rings (SSSR count). The molecular weight excluding hydrogens is 410 g/mol. The molecule has 1 amide bonds. The number of aryl methyl sites for hydroxylation is 2. The summed E-state index contributed by atoms with van der Waals surface area (Å²) in [5, 5.41) is 15.6. The van der Waals surface area contributed by atoms with Crippen molar-refractivity contribution in [1.82, 2.24) is 24.6 Å². The van der Waals surface area contributed by atoms with Gasteiger partial charge in [0.15, 0.2) is 0 Å². The van der Waals surface area contributed by atoms with E-state index >= 15 is 0 Å². The number of aliphatic hydroxyl groups excluding tert-OH is 1. The van der Waals surface area contributed by atoms with Gasteiger partial charge in [0.25, 0.3) is 11.7 Å². The second-order valence-electron chi connectivity index (χ2n) is 8.26. The van der Waals surface area contributed by atoms with Gasteiger partial charge in [-0.1, -0.05) is 6.07 Å². The number of carbonyl (C=O) groups is 2. The van der Waals surface area contributed by atoms with E-state index in [4.69, 9.17) is 4.74 Å². The van der Waals surface area contributed by atoms with E-state index in [1.54, 1.807) is 42.0 Å². The van der Waals surface area contributed by atoms with E-state index < -0.39 is 17.7 Å². The first kappa shape index (κ1) is 22.2. The van der Waals surface area contributed by atoms with E-state index in [1.807, 2.05) is 13.0 Å². The first-order valence-electron chi connectivity index (χ1n) is 10.9. The number of ketones is 1. The van der Waals surface area contributed by atoms with Crippen LogP contribution in [0.3, 0.4) is 0 Å².